The average Bonchev–Trinajstić information content (AvgIpc) is 3.15. The Hall–Kier alpha value is -3.05. The highest BCUT2D eigenvalue weighted by molar-refractivity contribution is 7.93. The number of benzene rings is 1. The van der Waals surface area contributed by atoms with Gasteiger partial charge in [-0.2, -0.15) is 5.10 Å². The maximum Gasteiger partial charge on any atom is 0.253 e. The number of carbonyl (C=O) groups is 1. The Morgan fingerprint density at radius 1 is 1.27 bits per heavy atom. The highest BCUT2D eigenvalue weighted by atomic mass is 32.2. The fraction of sp³-hybridized carbons (Fsp3) is 0.500. The SMILES string of the molecule is CC(F)Oc1cccc(-c2nn(C3CCOC(C)(C)C3)c3cc(C(=O)NC4(C)CS(=O)(=O)C4)cnc23)c1. The lowest BCUT2D eigenvalue weighted by Crippen LogP contribution is -2.63. The molecule has 5 rings (SSSR count). The lowest BCUT2D eigenvalue weighted by Gasteiger charge is -2.38. The number of amides is 1. The second-order valence-electron chi connectivity index (χ2n) is 10.9. The fourth-order valence-corrected chi connectivity index (χ4v) is 7.28. The van der Waals surface area contributed by atoms with Gasteiger partial charge >= 0.3 is 0 Å². The molecule has 37 heavy (non-hydrogen) atoms. The molecule has 2 aliphatic heterocycles. The molecule has 2 atom stereocenters. The first-order valence-corrected chi connectivity index (χ1v) is 14.1. The first-order chi connectivity index (χ1) is 17.3. The topological polar surface area (TPSA) is 112 Å². The summed E-state index contributed by atoms with van der Waals surface area (Å²) in [5.74, 6) is -0.185. The van der Waals surface area contributed by atoms with Crippen LogP contribution in [0.5, 0.6) is 5.75 Å². The Morgan fingerprint density at radius 3 is 2.70 bits per heavy atom. The number of pyridine rings is 1. The molecule has 0 radical (unpaired) electrons. The molecule has 11 heteroatoms. The molecule has 1 aromatic carbocycles. The number of fused-ring (bicyclic) bond motifs is 1. The van der Waals surface area contributed by atoms with E-state index < -0.39 is 21.7 Å². The van der Waals surface area contributed by atoms with Gasteiger partial charge in [0, 0.05) is 25.3 Å². The Morgan fingerprint density at radius 2 is 2.03 bits per heavy atom. The number of nitrogens with zero attached hydrogens (tertiary/aromatic N) is 3. The first-order valence-electron chi connectivity index (χ1n) is 12.3. The van der Waals surface area contributed by atoms with Crippen LogP contribution in [0, 0.1) is 0 Å². The molecule has 2 aromatic heterocycles. The van der Waals surface area contributed by atoms with E-state index in [1.165, 1.54) is 13.1 Å². The van der Waals surface area contributed by atoms with Crippen molar-refractivity contribution in [3.63, 3.8) is 0 Å². The Balaban J connectivity index is 1.56. The average molecular weight is 531 g/mol. The quantitative estimate of drug-likeness (QED) is 0.515. The van der Waals surface area contributed by atoms with Crippen LogP contribution in [0.3, 0.4) is 0 Å². The first kappa shape index (κ1) is 25.6. The minimum atomic E-state index is -3.11. The lowest BCUT2D eigenvalue weighted by atomic mass is 9.94. The maximum absolute atomic E-state index is 13.5. The van der Waals surface area contributed by atoms with E-state index in [1.807, 2.05) is 24.6 Å². The van der Waals surface area contributed by atoms with Crippen molar-refractivity contribution in [2.75, 3.05) is 18.1 Å². The highest BCUT2D eigenvalue weighted by Crippen LogP contribution is 2.37. The van der Waals surface area contributed by atoms with Gasteiger partial charge in [0.05, 0.1) is 39.8 Å². The summed E-state index contributed by atoms with van der Waals surface area (Å²) in [6.45, 7) is 7.69. The monoisotopic (exact) mass is 530 g/mol. The van der Waals surface area contributed by atoms with Crippen molar-refractivity contribution in [3.8, 4) is 17.0 Å². The van der Waals surface area contributed by atoms with Gasteiger partial charge in [-0.05, 0) is 51.8 Å². The predicted molar refractivity (Wildman–Crippen MR) is 137 cm³/mol. The van der Waals surface area contributed by atoms with E-state index in [-0.39, 0.29) is 29.1 Å². The van der Waals surface area contributed by atoms with E-state index in [9.17, 15) is 17.6 Å². The lowest BCUT2D eigenvalue weighted by molar-refractivity contribution is -0.0701. The zero-order valence-corrected chi connectivity index (χ0v) is 22.1. The number of rotatable bonds is 6. The summed E-state index contributed by atoms with van der Waals surface area (Å²) in [5, 5.41) is 7.77. The van der Waals surface area contributed by atoms with E-state index in [4.69, 9.17) is 14.6 Å². The summed E-state index contributed by atoms with van der Waals surface area (Å²) in [6, 6.07) is 8.78. The van der Waals surface area contributed by atoms with Gasteiger partial charge in [0.1, 0.15) is 17.0 Å². The third-order valence-corrected chi connectivity index (χ3v) is 8.88. The smallest absolute Gasteiger partial charge is 0.253 e. The number of sulfone groups is 1. The van der Waals surface area contributed by atoms with Crippen LogP contribution in [0.25, 0.3) is 22.3 Å². The Bertz CT molecular complexity index is 1450. The normalized spacial score (nSPS) is 22.7. The van der Waals surface area contributed by atoms with Crippen molar-refractivity contribution in [3.05, 3.63) is 42.1 Å². The molecule has 2 fully saturated rings. The van der Waals surface area contributed by atoms with Crippen molar-refractivity contribution in [2.45, 2.75) is 64.1 Å². The van der Waals surface area contributed by atoms with Gasteiger partial charge in [-0.1, -0.05) is 12.1 Å². The largest absolute Gasteiger partial charge is 0.461 e. The molecule has 3 aromatic rings. The van der Waals surface area contributed by atoms with Crippen LogP contribution in [0.2, 0.25) is 0 Å². The summed E-state index contributed by atoms with van der Waals surface area (Å²) >= 11 is 0. The predicted octanol–water partition coefficient (Wildman–Crippen LogP) is 3.84. The number of alkyl halides is 1. The Kier molecular flexibility index (Phi) is 6.26. The molecule has 0 spiro atoms. The maximum atomic E-state index is 13.5. The molecule has 0 aliphatic carbocycles. The van der Waals surface area contributed by atoms with Gasteiger partial charge < -0.3 is 14.8 Å². The van der Waals surface area contributed by atoms with E-state index in [0.29, 0.717) is 40.2 Å². The summed E-state index contributed by atoms with van der Waals surface area (Å²) in [4.78, 5) is 17.7. The molecule has 2 saturated heterocycles. The molecule has 1 N–H and O–H groups in total. The molecule has 1 amide bonds. The van der Waals surface area contributed by atoms with Gasteiger partial charge in [0.15, 0.2) is 9.84 Å². The van der Waals surface area contributed by atoms with Crippen LogP contribution in [-0.4, -0.2) is 64.7 Å². The number of halogens is 1. The second-order valence-corrected chi connectivity index (χ2v) is 12.9. The molecule has 2 unspecified atom stereocenters. The van der Waals surface area contributed by atoms with Crippen LogP contribution in [0.15, 0.2) is 36.5 Å². The second kappa shape index (κ2) is 9.05. The minimum absolute atomic E-state index is 0.0136. The summed E-state index contributed by atoms with van der Waals surface area (Å²) < 4.78 is 49.9. The number of aromatic nitrogens is 3. The molecular formula is C26H31FN4O5S. The standard InChI is InChI=1S/C26H31FN4O5S/c1-16(27)36-20-7-5-6-17(10-20)22-23-21(31(30-22)19-8-9-35-25(2,3)12-19)11-18(13-28-23)24(32)29-26(4)14-37(33,34)15-26/h5-7,10-11,13,16,19H,8-9,12,14-15H2,1-4H3,(H,29,32). The van der Waals surface area contributed by atoms with E-state index in [1.54, 1.807) is 31.2 Å². The van der Waals surface area contributed by atoms with Gasteiger partial charge in [-0.25, -0.2) is 12.8 Å². The zero-order valence-electron chi connectivity index (χ0n) is 21.3. The highest BCUT2D eigenvalue weighted by Gasteiger charge is 2.46. The third kappa shape index (κ3) is 5.33. The molecule has 9 nitrogen and oxygen atoms in total. The number of ether oxygens (including phenoxy) is 2. The minimum Gasteiger partial charge on any atom is -0.461 e. The summed E-state index contributed by atoms with van der Waals surface area (Å²) in [5.41, 5.74) is 1.78. The molecule has 0 bridgehead atoms. The van der Waals surface area contributed by atoms with Crippen molar-refractivity contribution in [1.82, 2.24) is 20.1 Å². The van der Waals surface area contributed by atoms with Crippen LogP contribution in [-0.2, 0) is 14.6 Å². The zero-order chi connectivity index (χ0) is 26.6. The van der Waals surface area contributed by atoms with Crippen molar-refractivity contribution < 1.29 is 27.1 Å². The van der Waals surface area contributed by atoms with Crippen molar-refractivity contribution in [2.24, 2.45) is 0 Å². The third-order valence-electron chi connectivity index (χ3n) is 6.72. The van der Waals surface area contributed by atoms with Crippen LogP contribution in [0.4, 0.5) is 4.39 Å². The molecule has 198 valence electrons. The van der Waals surface area contributed by atoms with E-state index in [0.717, 1.165) is 12.8 Å². The fourth-order valence-electron chi connectivity index (χ4n) is 5.28. The number of nitrogens with one attached hydrogen (secondary N) is 1. The number of carbonyl (C=O) groups excluding carboxylic acids is 1. The van der Waals surface area contributed by atoms with E-state index >= 15 is 0 Å². The summed E-state index contributed by atoms with van der Waals surface area (Å²) in [7, 11) is -3.11. The van der Waals surface area contributed by atoms with Gasteiger partial charge in [-0.15, -0.1) is 0 Å². The van der Waals surface area contributed by atoms with Gasteiger partial charge in [0.25, 0.3) is 5.91 Å². The molecular weight excluding hydrogens is 499 g/mol. The van der Waals surface area contributed by atoms with Crippen molar-refractivity contribution >= 4 is 26.8 Å². The number of hydrogen-bond donors (Lipinski definition) is 1. The van der Waals surface area contributed by atoms with Crippen LogP contribution in [0.1, 0.15) is 56.9 Å². The molecule has 4 heterocycles. The summed E-state index contributed by atoms with van der Waals surface area (Å²) in [6.07, 6.45) is 1.48. The van der Waals surface area contributed by atoms with Crippen LogP contribution < -0.4 is 10.1 Å². The van der Waals surface area contributed by atoms with Gasteiger partial charge in [-0.3, -0.25) is 14.5 Å². The van der Waals surface area contributed by atoms with Crippen molar-refractivity contribution in [1.29, 1.82) is 0 Å². The van der Waals surface area contributed by atoms with Gasteiger partial charge in [0.2, 0.25) is 6.36 Å². The Labute approximate surface area is 215 Å². The molecule has 2 aliphatic rings. The van der Waals surface area contributed by atoms with Crippen LogP contribution >= 0.6 is 0 Å². The van der Waals surface area contributed by atoms with E-state index in [2.05, 4.69) is 10.3 Å². The number of hydrogen-bond acceptors (Lipinski definition) is 7. The molecule has 0 saturated carbocycles.